The molecule has 0 fully saturated rings. The van der Waals surface area contributed by atoms with Crippen molar-refractivity contribution in [2.24, 2.45) is 17.8 Å². The molecule has 0 aliphatic carbocycles. The van der Waals surface area contributed by atoms with Gasteiger partial charge in [-0.05, 0) is 43.4 Å². The van der Waals surface area contributed by atoms with Gasteiger partial charge in [0.15, 0.2) is 12.2 Å². The van der Waals surface area contributed by atoms with Crippen molar-refractivity contribution < 1.29 is 80.2 Å². The van der Waals surface area contributed by atoms with E-state index in [1.54, 1.807) is 0 Å². The van der Waals surface area contributed by atoms with Crippen LogP contribution in [-0.2, 0) is 65.4 Å². The molecular formula is C91H178O17P2. The van der Waals surface area contributed by atoms with Crippen LogP contribution in [-0.4, -0.2) is 96.7 Å². The standard InChI is InChI=1S/C91H178O17P2/c1-8-9-10-11-12-13-14-15-16-17-18-19-20-24-29-34-39-44-51-58-65-72-88(93)101-78-86(107-90(95)74-67-60-52-45-40-35-30-25-22-21-23-27-32-37-42-48-55-62-69-82(2)3)80-105-109(97,98)103-76-85(92)77-104-110(99,100)106-81-87(79-102-89(94)73-66-59-54-47-50-57-64-71-84(6)7)108-91(96)75-68-61-53-46-41-36-31-26-28-33-38-43-49-56-63-70-83(4)5/h82-87,92H,8-81H2,1-7H3,(H,97,98)(H,99,100)/t85-,86-,87-/m1/s1. The molecule has 110 heavy (non-hydrogen) atoms. The molecule has 0 amide bonds. The van der Waals surface area contributed by atoms with E-state index in [0.717, 1.165) is 108 Å². The van der Waals surface area contributed by atoms with Crippen molar-refractivity contribution in [2.45, 2.75) is 503 Å². The Morgan fingerprint density at radius 2 is 0.418 bits per heavy atom. The lowest BCUT2D eigenvalue weighted by Gasteiger charge is -2.21. The van der Waals surface area contributed by atoms with Crippen molar-refractivity contribution in [1.82, 2.24) is 0 Å². The molecule has 5 atom stereocenters. The Balaban J connectivity index is 5.22. The summed E-state index contributed by atoms with van der Waals surface area (Å²) in [7, 11) is -9.94. The molecule has 0 saturated carbocycles. The second-order valence-corrected chi connectivity index (χ2v) is 37.0. The summed E-state index contributed by atoms with van der Waals surface area (Å²) in [5.74, 6) is 0.227. The van der Waals surface area contributed by atoms with Crippen LogP contribution in [0.4, 0.5) is 0 Å². The van der Waals surface area contributed by atoms with Crippen LogP contribution in [0.15, 0.2) is 0 Å². The van der Waals surface area contributed by atoms with Crippen molar-refractivity contribution in [3.63, 3.8) is 0 Å². The third kappa shape index (κ3) is 84.0. The Bertz CT molecular complexity index is 2110. The second kappa shape index (κ2) is 80.8. The third-order valence-corrected chi connectivity index (χ3v) is 23.3. The number of esters is 4. The highest BCUT2D eigenvalue weighted by molar-refractivity contribution is 7.47. The fraction of sp³-hybridized carbons (Fsp3) is 0.956. The first-order valence-corrected chi connectivity index (χ1v) is 49.8. The summed E-state index contributed by atoms with van der Waals surface area (Å²) in [6, 6.07) is 0. The second-order valence-electron chi connectivity index (χ2n) is 34.1. The molecule has 0 bridgehead atoms. The van der Waals surface area contributed by atoms with Crippen LogP contribution in [0.25, 0.3) is 0 Å². The largest absolute Gasteiger partial charge is 0.472 e. The fourth-order valence-electron chi connectivity index (χ4n) is 14.3. The Morgan fingerprint density at radius 3 is 0.618 bits per heavy atom. The molecule has 19 heteroatoms. The number of carbonyl (C=O) groups excluding carboxylic acids is 4. The topological polar surface area (TPSA) is 237 Å². The van der Waals surface area contributed by atoms with Crippen molar-refractivity contribution in [3.8, 4) is 0 Å². The summed E-state index contributed by atoms with van der Waals surface area (Å²) in [4.78, 5) is 73.4. The van der Waals surface area contributed by atoms with Crippen LogP contribution in [0.1, 0.15) is 485 Å². The molecule has 0 heterocycles. The number of ether oxygens (including phenoxy) is 4. The highest BCUT2D eigenvalue weighted by Gasteiger charge is 2.31. The van der Waals surface area contributed by atoms with Crippen LogP contribution in [0.3, 0.4) is 0 Å². The summed E-state index contributed by atoms with van der Waals surface area (Å²) in [5, 5.41) is 10.7. The van der Waals surface area contributed by atoms with Gasteiger partial charge >= 0.3 is 39.5 Å². The zero-order valence-electron chi connectivity index (χ0n) is 72.7. The fourth-order valence-corrected chi connectivity index (χ4v) is 15.8. The summed E-state index contributed by atoms with van der Waals surface area (Å²) in [6.07, 6.45) is 73.9. The van der Waals surface area contributed by atoms with E-state index in [0.29, 0.717) is 31.6 Å². The summed E-state index contributed by atoms with van der Waals surface area (Å²) < 4.78 is 69.0. The Morgan fingerprint density at radius 1 is 0.245 bits per heavy atom. The maximum Gasteiger partial charge on any atom is 0.472 e. The third-order valence-electron chi connectivity index (χ3n) is 21.4. The number of phosphoric acid groups is 2. The van der Waals surface area contributed by atoms with Gasteiger partial charge in [-0.3, -0.25) is 37.3 Å². The van der Waals surface area contributed by atoms with Crippen LogP contribution < -0.4 is 0 Å². The van der Waals surface area contributed by atoms with E-state index in [2.05, 4.69) is 48.5 Å². The number of phosphoric ester groups is 2. The molecule has 0 aromatic carbocycles. The zero-order chi connectivity index (χ0) is 80.8. The first-order valence-electron chi connectivity index (χ1n) is 46.8. The number of aliphatic hydroxyl groups is 1. The molecule has 0 saturated heterocycles. The van der Waals surface area contributed by atoms with E-state index < -0.39 is 97.5 Å². The molecule has 17 nitrogen and oxygen atoms in total. The zero-order valence-corrected chi connectivity index (χ0v) is 74.5. The van der Waals surface area contributed by atoms with Crippen LogP contribution >= 0.6 is 15.6 Å². The molecule has 3 N–H and O–H groups in total. The summed E-state index contributed by atoms with van der Waals surface area (Å²) in [5.41, 5.74) is 0. The van der Waals surface area contributed by atoms with E-state index in [9.17, 15) is 43.2 Å². The SMILES string of the molecule is CCCCCCCCCCCCCCCCCCCCCCCC(=O)OC[C@H](COP(=O)(O)OC[C@@H](O)COP(=O)(O)OC[C@@H](COC(=O)CCCCCCCCCC(C)C)OC(=O)CCCCCCCCCCCCCCCCCC(C)C)OC(=O)CCCCCCCCCCCCCCCCCCCCC(C)C. The lowest BCUT2D eigenvalue weighted by atomic mass is 10.0. The van der Waals surface area contributed by atoms with Gasteiger partial charge in [0, 0.05) is 25.7 Å². The van der Waals surface area contributed by atoms with E-state index in [-0.39, 0.29) is 25.7 Å². The molecular weight excluding hydrogens is 1430 g/mol. The van der Waals surface area contributed by atoms with Crippen molar-refractivity contribution in [2.75, 3.05) is 39.6 Å². The van der Waals surface area contributed by atoms with Gasteiger partial charge in [-0.15, -0.1) is 0 Å². The van der Waals surface area contributed by atoms with Gasteiger partial charge in [-0.1, -0.05) is 434 Å². The lowest BCUT2D eigenvalue weighted by molar-refractivity contribution is -0.161. The first kappa shape index (κ1) is 108. The smallest absolute Gasteiger partial charge is 0.462 e. The highest BCUT2D eigenvalue weighted by atomic mass is 31.2. The Labute approximate surface area is 677 Å². The number of carbonyl (C=O) groups is 4. The van der Waals surface area contributed by atoms with E-state index in [1.807, 2.05) is 0 Å². The number of hydrogen-bond acceptors (Lipinski definition) is 15. The minimum Gasteiger partial charge on any atom is -0.462 e. The highest BCUT2D eigenvalue weighted by Crippen LogP contribution is 2.45. The first-order chi connectivity index (χ1) is 53.2. The number of aliphatic hydroxyl groups excluding tert-OH is 1. The molecule has 654 valence electrons. The molecule has 0 spiro atoms. The van der Waals surface area contributed by atoms with Crippen molar-refractivity contribution in [1.29, 1.82) is 0 Å². The molecule has 0 radical (unpaired) electrons. The van der Waals surface area contributed by atoms with Gasteiger partial charge in [0.25, 0.3) is 0 Å². The normalized spacial score (nSPS) is 13.8. The molecule has 0 rings (SSSR count). The number of rotatable bonds is 89. The van der Waals surface area contributed by atoms with E-state index in [1.165, 1.54) is 289 Å². The molecule has 0 aliphatic rings. The Kier molecular flexibility index (Phi) is 79.4. The lowest BCUT2D eigenvalue weighted by Crippen LogP contribution is -2.30. The van der Waals surface area contributed by atoms with Crippen LogP contribution in [0, 0.1) is 17.8 Å². The van der Waals surface area contributed by atoms with Gasteiger partial charge in [0.05, 0.1) is 26.4 Å². The Hall–Kier alpha value is -1.94. The van der Waals surface area contributed by atoms with Crippen molar-refractivity contribution in [3.05, 3.63) is 0 Å². The predicted molar refractivity (Wildman–Crippen MR) is 455 cm³/mol. The van der Waals surface area contributed by atoms with Gasteiger partial charge in [0.2, 0.25) is 0 Å². The molecule has 0 aromatic heterocycles. The monoisotopic (exact) mass is 1610 g/mol. The van der Waals surface area contributed by atoms with Gasteiger partial charge in [0.1, 0.15) is 19.3 Å². The van der Waals surface area contributed by atoms with Gasteiger partial charge in [-0.2, -0.15) is 0 Å². The quantitative estimate of drug-likeness (QED) is 0.0222. The van der Waals surface area contributed by atoms with Crippen LogP contribution in [0.2, 0.25) is 0 Å². The maximum atomic E-state index is 13.2. The van der Waals surface area contributed by atoms with E-state index in [4.69, 9.17) is 37.0 Å². The van der Waals surface area contributed by atoms with E-state index >= 15 is 0 Å². The average molecular weight is 1610 g/mol. The van der Waals surface area contributed by atoms with Gasteiger partial charge < -0.3 is 33.8 Å². The molecule has 0 aromatic rings. The number of hydrogen-bond donors (Lipinski definition) is 3. The maximum absolute atomic E-state index is 13.2. The van der Waals surface area contributed by atoms with Crippen LogP contribution in [0.5, 0.6) is 0 Å². The minimum atomic E-state index is -4.97. The molecule has 2 unspecified atom stereocenters. The molecule has 0 aliphatic heterocycles. The van der Waals surface area contributed by atoms with Crippen molar-refractivity contribution >= 4 is 39.5 Å². The minimum absolute atomic E-state index is 0.107. The number of unbranched alkanes of at least 4 members (excludes halogenated alkanes) is 57. The predicted octanol–water partition coefficient (Wildman–Crippen LogP) is 28.0. The summed E-state index contributed by atoms with van der Waals surface area (Å²) in [6.45, 7) is 12.0. The summed E-state index contributed by atoms with van der Waals surface area (Å²) >= 11 is 0. The van der Waals surface area contributed by atoms with Gasteiger partial charge in [-0.25, -0.2) is 9.13 Å². The average Bonchev–Trinajstić information content (AvgIpc) is 0.896.